The molecule has 0 unspecified atom stereocenters. The highest BCUT2D eigenvalue weighted by Crippen LogP contribution is 2.35. The number of nitrogens with one attached hydrogen (secondary N) is 2. The van der Waals surface area contributed by atoms with Crippen molar-refractivity contribution in [2.24, 2.45) is 0 Å². The first-order valence-corrected chi connectivity index (χ1v) is 9.45. The van der Waals surface area contributed by atoms with Crippen molar-refractivity contribution in [1.82, 2.24) is 15.3 Å². The Bertz CT molecular complexity index is 791. The molecule has 0 amide bonds. The molecule has 1 aromatic carbocycles. The van der Waals surface area contributed by atoms with Gasteiger partial charge in [0, 0.05) is 31.6 Å². The molecular formula is C20H28Cl2N4O2. The predicted octanol–water partition coefficient (Wildman–Crippen LogP) is 2.62. The molecule has 2 atom stereocenters. The Hall–Kier alpha value is -1.44. The molecular weight excluding hydrogens is 399 g/mol. The van der Waals surface area contributed by atoms with Crippen LogP contribution in [-0.4, -0.2) is 40.9 Å². The Morgan fingerprint density at radius 2 is 1.96 bits per heavy atom. The molecule has 0 saturated heterocycles. The number of hydrogen-bond donors (Lipinski definition) is 3. The minimum Gasteiger partial charge on any atom is -0.390 e. The average Bonchev–Trinajstić information content (AvgIpc) is 2.82. The first kappa shape index (κ1) is 22.8. The molecule has 1 aliphatic heterocycles. The number of aromatic nitrogens is 2. The maximum Gasteiger partial charge on any atom is 0.156 e. The van der Waals surface area contributed by atoms with E-state index in [2.05, 4.69) is 22.8 Å². The van der Waals surface area contributed by atoms with E-state index in [1.54, 1.807) is 0 Å². The summed E-state index contributed by atoms with van der Waals surface area (Å²) in [6, 6.07) is 8.09. The summed E-state index contributed by atoms with van der Waals surface area (Å²) in [7, 11) is 0. The first-order chi connectivity index (χ1) is 12.8. The molecule has 2 aromatic rings. The standard InChI is InChI=1S/C20H26N4O2.2ClH/c1-2-26-12-18-22-16-8-10-21-9-7-15(16)20(23-18)24-19-14-6-4-3-5-13(14)11-17(19)25;;/h3-6,17,19,21,25H,2,7-12H2,1H3,(H,22,23,24);2*1H/t17-,19+;;/m0../s1. The van der Waals surface area contributed by atoms with Gasteiger partial charge in [-0.05, 0) is 31.0 Å². The summed E-state index contributed by atoms with van der Waals surface area (Å²) in [5, 5.41) is 17.6. The molecule has 154 valence electrons. The van der Waals surface area contributed by atoms with Crippen molar-refractivity contribution in [2.45, 2.75) is 44.9 Å². The van der Waals surface area contributed by atoms with E-state index in [1.165, 1.54) is 5.56 Å². The number of ether oxygens (including phenoxy) is 1. The fraction of sp³-hybridized carbons (Fsp3) is 0.500. The molecule has 3 N–H and O–H groups in total. The van der Waals surface area contributed by atoms with Gasteiger partial charge < -0.3 is 20.5 Å². The number of aliphatic hydroxyl groups is 1. The Kier molecular flexibility index (Phi) is 8.46. The van der Waals surface area contributed by atoms with E-state index in [1.807, 2.05) is 19.1 Å². The van der Waals surface area contributed by atoms with E-state index in [0.29, 0.717) is 25.5 Å². The van der Waals surface area contributed by atoms with E-state index in [4.69, 9.17) is 14.7 Å². The lowest BCUT2D eigenvalue weighted by Gasteiger charge is -2.22. The van der Waals surface area contributed by atoms with E-state index in [0.717, 1.165) is 48.6 Å². The van der Waals surface area contributed by atoms with E-state index in [-0.39, 0.29) is 30.9 Å². The lowest BCUT2D eigenvalue weighted by Crippen LogP contribution is -2.23. The van der Waals surface area contributed by atoms with Crippen LogP contribution >= 0.6 is 24.8 Å². The zero-order chi connectivity index (χ0) is 17.9. The van der Waals surface area contributed by atoms with Crippen LogP contribution in [0.1, 0.15) is 41.2 Å². The summed E-state index contributed by atoms with van der Waals surface area (Å²) >= 11 is 0. The molecule has 6 nitrogen and oxygen atoms in total. The normalized spacial score (nSPS) is 20.2. The van der Waals surface area contributed by atoms with Gasteiger partial charge in [-0.15, -0.1) is 24.8 Å². The van der Waals surface area contributed by atoms with Gasteiger partial charge in [-0.2, -0.15) is 0 Å². The van der Waals surface area contributed by atoms with Crippen molar-refractivity contribution < 1.29 is 9.84 Å². The number of halogens is 2. The van der Waals surface area contributed by atoms with E-state index in [9.17, 15) is 5.11 Å². The van der Waals surface area contributed by atoms with Crippen molar-refractivity contribution in [3.05, 3.63) is 52.5 Å². The van der Waals surface area contributed by atoms with Crippen molar-refractivity contribution in [1.29, 1.82) is 0 Å². The third-order valence-corrected chi connectivity index (χ3v) is 5.16. The number of rotatable bonds is 5. The topological polar surface area (TPSA) is 79.3 Å². The van der Waals surface area contributed by atoms with Crippen molar-refractivity contribution in [2.75, 3.05) is 25.0 Å². The first-order valence-electron chi connectivity index (χ1n) is 9.45. The molecule has 0 bridgehead atoms. The summed E-state index contributed by atoms with van der Waals surface area (Å²) in [6.45, 7) is 4.86. The third-order valence-electron chi connectivity index (χ3n) is 5.16. The monoisotopic (exact) mass is 426 g/mol. The van der Waals surface area contributed by atoms with Gasteiger partial charge in [-0.1, -0.05) is 24.3 Å². The zero-order valence-corrected chi connectivity index (χ0v) is 17.6. The van der Waals surface area contributed by atoms with Crippen LogP contribution in [0, 0.1) is 0 Å². The Labute approximate surface area is 178 Å². The Balaban J connectivity index is 0.00000140. The van der Waals surface area contributed by atoms with Gasteiger partial charge in [0.1, 0.15) is 12.4 Å². The molecule has 0 fully saturated rings. The number of benzene rings is 1. The number of anilines is 1. The van der Waals surface area contributed by atoms with Gasteiger partial charge in [-0.25, -0.2) is 9.97 Å². The molecule has 0 spiro atoms. The predicted molar refractivity (Wildman–Crippen MR) is 115 cm³/mol. The van der Waals surface area contributed by atoms with Gasteiger partial charge in [0.15, 0.2) is 5.82 Å². The molecule has 2 heterocycles. The fourth-order valence-corrected chi connectivity index (χ4v) is 3.87. The van der Waals surface area contributed by atoms with Crippen LogP contribution in [0.2, 0.25) is 0 Å². The molecule has 28 heavy (non-hydrogen) atoms. The second-order valence-corrected chi connectivity index (χ2v) is 6.89. The molecule has 1 aromatic heterocycles. The quantitative estimate of drug-likeness (QED) is 0.681. The van der Waals surface area contributed by atoms with E-state index >= 15 is 0 Å². The summed E-state index contributed by atoms with van der Waals surface area (Å²) in [6.07, 6.45) is 2.00. The van der Waals surface area contributed by atoms with Crippen LogP contribution < -0.4 is 10.6 Å². The molecule has 4 rings (SSSR count). The smallest absolute Gasteiger partial charge is 0.156 e. The lowest BCUT2D eigenvalue weighted by molar-refractivity contribution is 0.128. The third kappa shape index (κ3) is 4.75. The summed E-state index contributed by atoms with van der Waals surface area (Å²) in [5.41, 5.74) is 4.61. The summed E-state index contributed by atoms with van der Waals surface area (Å²) in [4.78, 5) is 9.48. The van der Waals surface area contributed by atoms with Crippen LogP contribution in [-0.2, 0) is 30.6 Å². The molecule has 2 aliphatic rings. The van der Waals surface area contributed by atoms with Gasteiger partial charge in [0.05, 0.1) is 17.8 Å². The zero-order valence-electron chi connectivity index (χ0n) is 16.0. The van der Waals surface area contributed by atoms with Gasteiger partial charge in [0.2, 0.25) is 0 Å². The van der Waals surface area contributed by atoms with Crippen LogP contribution in [0.25, 0.3) is 0 Å². The fourth-order valence-electron chi connectivity index (χ4n) is 3.87. The Morgan fingerprint density at radius 1 is 1.18 bits per heavy atom. The number of hydrogen-bond acceptors (Lipinski definition) is 6. The maximum absolute atomic E-state index is 10.6. The average molecular weight is 427 g/mol. The SMILES string of the molecule is CCOCc1nc2c(c(N[C@@H]3c4ccccc4C[C@@H]3O)n1)CCNCC2.Cl.Cl. The van der Waals surface area contributed by atoms with Crippen molar-refractivity contribution >= 4 is 30.6 Å². The van der Waals surface area contributed by atoms with Crippen LogP contribution in [0.4, 0.5) is 5.82 Å². The lowest BCUT2D eigenvalue weighted by atomic mass is 10.1. The Morgan fingerprint density at radius 3 is 2.79 bits per heavy atom. The van der Waals surface area contributed by atoms with Crippen molar-refractivity contribution in [3.63, 3.8) is 0 Å². The molecule has 0 radical (unpaired) electrons. The number of nitrogens with zero attached hydrogens (tertiary/aromatic N) is 2. The number of fused-ring (bicyclic) bond motifs is 2. The molecule has 1 aliphatic carbocycles. The maximum atomic E-state index is 10.6. The van der Waals surface area contributed by atoms with Crippen LogP contribution in [0.3, 0.4) is 0 Å². The van der Waals surface area contributed by atoms with Gasteiger partial charge in [-0.3, -0.25) is 0 Å². The second-order valence-electron chi connectivity index (χ2n) is 6.89. The molecule has 8 heteroatoms. The minimum atomic E-state index is -0.447. The highest BCUT2D eigenvalue weighted by Gasteiger charge is 2.32. The van der Waals surface area contributed by atoms with Crippen LogP contribution in [0.5, 0.6) is 0 Å². The van der Waals surface area contributed by atoms with Crippen LogP contribution in [0.15, 0.2) is 24.3 Å². The summed E-state index contributed by atoms with van der Waals surface area (Å²) in [5.74, 6) is 1.55. The highest BCUT2D eigenvalue weighted by molar-refractivity contribution is 5.85. The van der Waals surface area contributed by atoms with Gasteiger partial charge in [0.25, 0.3) is 0 Å². The highest BCUT2D eigenvalue weighted by atomic mass is 35.5. The second kappa shape index (κ2) is 10.4. The van der Waals surface area contributed by atoms with E-state index < -0.39 is 6.10 Å². The largest absolute Gasteiger partial charge is 0.390 e. The number of aliphatic hydroxyl groups excluding tert-OH is 1. The minimum absolute atomic E-state index is 0. The summed E-state index contributed by atoms with van der Waals surface area (Å²) < 4.78 is 5.53. The van der Waals surface area contributed by atoms with Gasteiger partial charge >= 0.3 is 0 Å². The van der Waals surface area contributed by atoms with Crippen molar-refractivity contribution in [3.8, 4) is 0 Å². The molecule has 0 saturated carbocycles.